The van der Waals surface area contributed by atoms with Crippen molar-refractivity contribution in [2.24, 2.45) is 0 Å². The molecule has 6 rings (SSSR count). The van der Waals surface area contributed by atoms with Gasteiger partial charge in [0, 0.05) is 49.7 Å². The van der Waals surface area contributed by atoms with E-state index in [2.05, 4.69) is 36.5 Å². The van der Waals surface area contributed by atoms with Crippen molar-refractivity contribution in [2.75, 3.05) is 24.2 Å². The molecule has 1 saturated heterocycles. The Morgan fingerprint density at radius 1 is 1.00 bits per heavy atom. The highest BCUT2D eigenvalue weighted by atomic mass is 16.5. The van der Waals surface area contributed by atoms with Gasteiger partial charge in [0.25, 0.3) is 11.5 Å². The molecule has 3 amide bonds. The minimum Gasteiger partial charge on any atom is -0.507 e. The number of rotatable bonds is 13. The fourth-order valence-electron chi connectivity index (χ4n) is 5.55. The molecule has 3 heterocycles. The van der Waals surface area contributed by atoms with E-state index in [4.69, 9.17) is 10.5 Å². The SMILES string of the molecule is Nc1nnc(-c2ccccc2O)cc1OCCc1ccc(CNC(=O)CCCNc2cccc3nnn(C4CCC(=O)NC4=O)c(=O)c23)cc1. The van der Waals surface area contributed by atoms with Gasteiger partial charge in [-0.05, 0) is 48.2 Å². The lowest BCUT2D eigenvalue weighted by Gasteiger charge is -2.21. The first-order valence-electron chi connectivity index (χ1n) is 16.1. The Balaban J connectivity index is 0.947. The third-order valence-corrected chi connectivity index (χ3v) is 8.24. The lowest BCUT2D eigenvalue weighted by atomic mass is 10.1. The van der Waals surface area contributed by atoms with E-state index < -0.39 is 17.5 Å². The van der Waals surface area contributed by atoms with E-state index >= 15 is 0 Å². The number of carbonyl (C=O) groups excluding carboxylic acids is 3. The first kappa shape index (κ1) is 33.5. The van der Waals surface area contributed by atoms with Crippen LogP contribution in [0.15, 0.2) is 77.6 Å². The van der Waals surface area contributed by atoms with Crippen LogP contribution in [0.1, 0.15) is 42.9 Å². The minimum absolute atomic E-state index is 0.0858. The lowest BCUT2D eigenvalue weighted by molar-refractivity contribution is -0.136. The van der Waals surface area contributed by atoms with Gasteiger partial charge in [0.2, 0.25) is 11.8 Å². The molecule has 0 aliphatic carbocycles. The van der Waals surface area contributed by atoms with E-state index in [1.165, 1.54) is 0 Å². The van der Waals surface area contributed by atoms with Gasteiger partial charge in [-0.15, -0.1) is 15.3 Å². The number of nitrogens with two attached hydrogens (primary N) is 1. The molecule has 0 radical (unpaired) electrons. The predicted molar refractivity (Wildman–Crippen MR) is 184 cm³/mol. The fourth-order valence-corrected chi connectivity index (χ4v) is 5.55. The van der Waals surface area contributed by atoms with Crippen LogP contribution in [0.3, 0.4) is 0 Å². The van der Waals surface area contributed by atoms with Crippen LogP contribution in [-0.2, 0) is 27.3 Å². The molecule has 1 atom stereocenters. The van der Waals surface area contributed by atoms with Crippen molar-refractivity contribution in [1.82, 2.24) is 35.8 Å². The number of nitrogens with one attached hydrogen (secondary N) is 3. The second-order valence-electron chi connectivity index (χ2n) is 11.7. The maximum atomic E-state index is 13.3. The predicted octanol–water partition coefficient (Wildman–Crippen LogP) is 2.64. The lowest BCUT2D eigenvalue weighted by Crippen LogP contribution is -2.45. The molecule has 6 N–H and O–H groups in total. The van der Waals surface area contributed by atoms with Gasteiger partial charge < -0.3 is 26.2 Å². The number of imide groups is 1. The number of hydrogen-bond acceptors (Lipinski definition) is 12. The molecule has 3 aromatic carbocycles. The van der Waals surface area contributed by atoms with Crippen LogP contribution in [0.25, 0.3) is 22.2 Å². The number of nitrogen functional groups attached to an aromatic ring is 1. The Hall–Kier alpha value is -6.38. The number of aromatic nitrogens is 5. The minimum atomic E-state index is -0.916. The number of piperidine rings is 1. The number of aromatic hydroxyl groups is 1. The van der Waals surface area contributed by atoms with Crippen LogP contribution in [0, 0.1) is 0 Å². The van der Waals surface area contributed by atoms with Crippen LogP contribution < -0.4 is 32.0 Å². The summed E-state index contributed by atoms with van der Waals surface area (Å²) in [5.74, 6) is -0.453. The Morgan fingerprint density at radius 2 is 1.80 bits per heavy atom. The van der Waals surface area contributed by atoms with Gasteiger partial charge in [0.1, 0.15) is 23.0 Å². The van der Waals surface area contributed by atoms with Crippen molar-refractivity contribution in [3.8, 4) is 22.8 Å². The normalized spacial score (nSPS) is 14.3. The second-order valence-corrected chi connectivity index (χ2v) is 11.7. The number of fused-ring (bicyclic) bond motifs is 1. The number of phenols is 1. The summed E-state index contributed by atoms with van der Waals surface area (Å²) in [6.07, 6.45) is 1.67. The topological polar surface area (TPSA) is 216 Å². The molecule has 1 aliphatic rings. The highest BCUT2D eigenvalue weighted by Crippen LogP contribution is 2.30. The molecular weight excluding hydrogens is 642 g/mol. The molecule has 0 spiro atoms. The Kier molecular flexibility index (Phi) is 10.2. The van der Waals surface area contributed by atoms with Crippen LogP contribution >= 0.6 is 0 Å². The largest absolute Gasteiger partial charge is 0.507 e. The zero-order chi connectivity index (χ0) is 35.0. The van der Waals surface area contributed by atoms with Gasteiger partial charge >= 0.3 is 0 Å². The summed E-state index contributed by atoms with van der Waals surface area (Å²) in [6, 6.07) is 20.5. The molecule has 50 heavy (non-hydrogen) atoms. The van der Waals surface area contributed by atoms with E-state index in [0.29, 0.717) is 60.7 Å². The first-order chi connectivity index (χ1) is 24.3. The molecule has 0 saturated carbocycles. The van der Waals surface area contributed by atoms with Crippen molar-refractivity contribution in [3.05, 3.63) is 94.3 Å². The van der Waals surface area contributed by atoms with E-state index in [9.17, 15) is 24.3 Å². The number of hydrogen-bond donors (Lipinski definition) is 5. The first-order valence-corrected chi connectivity index (χ1v) is 16.1. The number of nitrogens with zero attached hydrogens (tertiary/aromatic N) is 5. The quantitative estimate of drug-likeness (QED) is 0.0898. The maximum absolute atomic E-state index is 13.3. The highest BCUT2D eigenvalue weighted by Gasteiger charge is 2.30. The zero-order valence-corrected chi connectivity index (χ0v) is 27.0. The van der Waals surface area contributed by atoms with Gasteiger partial charge in [0.05, 0.1) is 12.0 Å². The Labute approximate surface area is 285 Å². The van der Waals surface area contributed by atoms with Gasteiger partial charge in [-0.1, -0.05) is 47.7 Å². The zero-order valence-electron chi connectivity index (χ0n) is 27.0. The molecule has 1 unspecified atom stereocenters. The molecule has 1 fully saturated rings. The van der Waals surface area contributed by atoms with Crippen LogP contribution in [-0.4, -0.2) is 61.2 Å². The maximum Gasteiger partial charge on any atom is 0.280 e. The third kappa shape index (κ3) is 7.84. The Bertz CT molecular complexity index is 2100. The molecule has 15 nitrogen and oxygen atoms in total. The molecule has 5 aromatic rings. The summed E-state index contributed by atoms with van der Waals surface area (Å²) in [5, 5.41) is 34.8. The Morgan fingerprint density at radius 3 is 2.60 bits per heavy atom. The van der Waals surface area contributed by atoms with Gasteiger partial charge in [-0.25, -0.2) is 0 Å². The summed E-state index contributed by atoms with van der Waals surface area (Å²) in [5.41, 5.74) is 9.32. The summed E-state index contributed by atoms with van der Waals surface area (Å²) < 4.78 is 6.90. The van der Waals surface area contributed by atoms with E-state index in [-0.39, 0.29) is 48.0 Å². The molecule has 2 aromatic heterocycles. The summed E-state index contributed by atoms with van der Waals surface area (Å²) in [7, 11) is 0. The number of para-hydroxylation sites is 1. The molecule has 1 aliphatic heterocycles. The number of amides is 3. The molecule has 15 heteroatoms. The van der Waals surface area contributed by atoms with Gasteiger partial charge in [-0.3, -0.25) is 24.5 Å². The van der Waals surface area contributed by atoms with Crippen molar-refractivity contribution >= 4 is 40.1 Å². The van der Waals surface area contributed by atoms with Crippen molar-refractivity contribution in [1.29, 1.82) is 0 Å². The average Bonchev–Trinajstić information content (AvgIpc) is 3.11. The van der Waals surface area contributed by atoms with Gasteiger partial charge in [0.15, 0.2) is 11.6 Å². The monoisotopic (exact) mass is 677 g/mol. The second kappa shape index (κ2) is 15.2. The summed E-state index contributed by atoms with van der Waals surface area (Å²) in [6.45, 7) is 1.14. The van der Waals surface area contributed by atoms with Crippen LogP contribution in [0.2, 0.25) is 0 Å². The standard InChI is InChI=1S/C35H35N9O6/c36-33-29(19-26(40-42-33)23-5-1-2-8-28(23)45)50-18-16-21-10-12-22(13-11-21)20-38-30(46)9-4-17-37-24-6-3-7-25-32(24)35(49)44(43-41-25)27-14-15-31(47)39-34(27)48/h1-3,5-8,10-13,19,27,37,45H,4,9,14-18,20H2,(H2,36,42)(H,38,46)(H,39,47,48). The average molecular weight is 678 g/mol. The van der Waals surface area contributed by atoms with E-state index in [1.807, 2.05) is 24.3 Å². The number of anilines is 2. The van der Waals surface area contributed by atoms with E-state index in [0.717, 1.165) is 15.8 Å². The third-order valence-electron chi connectivity index (χ3n) is 8.24. The molecule has 256 valence electrons. The number of phenolic OH excluding ortho intramolecular Hbond substituents is 1. The molecular formula is C35H35N9O6. The van der Waals surface area contributed by atoms with Crippen molar-refractivity contribution in [2.45, 2.75) is 44.7 Å². The smallest absolute Gasteiger partial charge is 0.280 e. The van der Waals surface area contributed by atoms with Crippen molar-refractivity contribution < 1.29 is 24.2 Å². The van der Waals surface area contributed by atoms with Crippen LogP contribution in [0.5, 0.6) is 11.5 Å². The number of ether oxygens (including phenoxy) is 1. The van der Waals surface area contributed by atoms with Gasteiger partial charge in [-0.2, -0.15) is 4.68 Å². The number of carbonyl (C=O) groups is 3. The van der Waals surface area contributed by atoms with Crippen molar-refractivity contribution in [3.63, 3.8) is 0 Å². The van der Waals surface area contributed by atoms with E-state index in [1.54, 1.807) is 48.5 Å². The highest BCUT2D eigenvalue weighted by molar-refractivity contribution is 5.99. The van der Waals surface area contributed by atoms with Crippen LogP contribution in [0.4, 0.5) is 11.5 Å². The molecule has 0 bridgehead atoms. The number of benzene rings is 3. The summed E-state index contributed by atoms with van der Waals surface area (Å²) >= 11 is 0. The summed E-state index contributed by atoms with van der Waals surface area (Å²) in [4.78, 5) is 49.7. The fraction of sp³-hybridized carbons (Fsp3) is 0.257.